The van der Waals surface area contributed by atoms with Crippen LogP contribution < -0.4 is 0 Å². The Morgan fingerprint density at radius 2 is 2.14 bits per heavy atom. The fraction of sp³-hybridized carbons (Fsp3) is 0.182. The molecular weight excluding hydrogens is 198 g/mol. The lowest BCUT2D eigenvalue weighted by atomic mass is 10.1. The number of hydrogen-bond acceptors (Lipinski definition) is 1. The minimum absolute atomic E-state index is 0.504. The van der Waals surface area contributed by atoms with Crippen LogP contribution >= 0.6 is 11.6 Å². The SMILES string of the molecule is Cc1cccc2c(C=O)c(Cl)n(C)c12. The van der Waals surface area contributed by atoms with Gasteiger partial charge < -0.3 is 4.57 Å². The number of fused-ring (bicyclic) bond motifs is 1. The minimum Gasteiger partial charge on any atom is -0.334 e. The van der Waals surface area contributed by atoms with Crippen molar-refractivity contribution in [2.24, 2.45) is 7.05 Å². The van der Waals surface area contributed by atoms with Gasteiger partial charge in [-0.25, -0.2) is 0 Å². The summed E-state index contributed by atoms with van der Waals surface area (Å²) in [6, 6.07) is 5.85. The molecule has 0 atom stereocenters. The van der Waals surface area contributed by atoms with Crippen LogP contribution in [0.4, 0.5) is 0 Å². The summed E-state index contributed by atoms with van der Waals surface area (Å²) < 4.78 is 1.84. The molecule has 0 radical (unpaired) electrons. The molecular formula is C11H10ClNO. The van der Waals surface area contributed by atoms with Crippen molar-refractivity contribution in [2.45, 2.75) is 6.92 Å². The summed E-state index contributed by atoms with van der Waals surface area (Å²) >= 11 is 6.04. The molecule has 0 aliphatic heterocycles. The molecule has 0 aliphatic rings. The highest BCUT2D eigenvalue weighted by atomic mass is 35.5. The zero-order valence-corrected chi connectivity index (χ0v) is 8.80. The molecule has 1 aromatic heterocycles. The van der Waals surface area contributed by atoms with Gasteiger partial charge in [0.05, 0.1) is 11.1 Å². The number of para-hydroxylation sites is 1. The Morgan fingerprint density at radius 1 is 1.43 bits per heavy atom. The normalized spacial score (nSPS) is 10.8. The van der Waals surface area contributed by atoms with E-state index in [9.17, 15) is 4.79 Å². The van der Waals surface area contributed by atoms with E-state index in [1.165, 1.54) is 0 Å². The number of benzene rings is 1. The van der Waals surface area contributed by atoms with Gasteiger partial charge in [-0.1, -0.05) is 29.8 Å². The second-order valence-corrected chi connectivity index (χ2v) is 3.71. The van der Waals surface area contributed by atoms with Gasteiger partial charge in [-0.2, -0.15) is 0 Å². The van der Waals surface area contributed by atoms with Crippen molar-refractivity contribution in [3.05, 3.63) is 34.5 Å². The summed E-state index contributed by atoms with van der Waals surface area (Å²) in [4.78, 5) is 10.9. The smallest absolute Gasteiger partial charge is 0.153 e. The number of halogens is 1. The summed E-state index contributed by atoms with van der Waals surface area (Å²) in [7, 11) is 1.87. The van der Waals surface area contributed by atoms with Crippen molar-refractivity contribution >= 4 is 28.8 Å². The fourth-order valence-corrected chi connectivity index (χ4v) is 2.05. The highest BCUT2D eigenvalue weighted by Gasteiger charge is 2.13. The zero-order valence-electron chi connectivity index (χ0n) is 8.04. The first kappa shape index (κ1) is 9.28. The number of carbonyl (C=O) groups excluding carboxylic acids is 1. The Kier molecular flexibility index (Phi) is 2.08. The lowest BCUT2D eigenvalue weighted by Crippen LogP contribution is -1.88. The number of hydrogen-bond donors (Lipinski definition) is 0. The lowest BCUT2D eigenvalue weighted by Gasteiger charge is -2.00. The van der Waals surface area contributed by atoms with Crippen LogP contribution in [0.25, 0.3) is 10.9 Å². The molecule has 0 bridgehead atoms. The van der Waals surface area contributed by atoms with Gasteiger partial charge in [-0.05, 0) is 12.5 Å². The van der Waals surface area contributed by atoms with Crippen LogP contribution in [0.2, 0.25) is 5.15 Å². The Labute approximate surface area is 87.1 Å². The molecule has 1 heterocycles. The first-order valence-corrected chi connectivity index (χ1v) is 4.73. The van der Waals surface area contributed by atoms with E-state index in [1.807, 2.05) is 36.7 Å². The van der Waals surface area contributed by atoms with E-state index in [2.05, 4.69) is 0 Å². The van der Waals surface area contributed by atoms with Gasteiger partial charge in [-0.15, -0.1) is 0 Å². The number of aldehydes is 1. The molecule has 0 N–H and O–H groups in total. The molecule has 0 amide bonds. The maximum absolute atomic E-state index is 10.9. The average molecular weight is 208 g/mol. The van der Waals surface area contributed by atoms with Crippen LogP contribution in [0, 0.1) is 6.92 Å². The van der Waals surface area contributed by atoms with E-state index in [4.69, 9.17) is 11.6 Å². The highest BCUT2D eigenvalue weighted by Crippen LogP contribution is 2.29. The molecule has 14 heavy (non-hydrogen) atoms. The summed E-state index contributed by atoms with van der Waals surface area (Å²) in [6.45, 7) is 2.01. The Hall–Kier alpha value is -1.28. The van der Waals surface area contributed by atoms with Crippen molar-refractivity contribution in [2.75, 3.05) is 0 Å². The van der Waals surface area contributed by atoms with Gasteiger partial charge in [-0.3, -0.25) is 4.79 Å². The quantitative estimate of drug-likeness (QED) is 0.659. The molecule has 0 fully saturated rings. The van der Waals surface area contributed by atoms with Gasteiger partial charge in [0.1, 0.15) is 5.15 Å². The van der Waals surface area contributed by atoms with Crippen LogP contribution in [0.1, 0.15) is 15.9 Å². The van der Waals surface area contributed by atoms with Crippen LogP contribution in [0.15, 0.2) is 18.2 Å². The van der Waals surface area contributed by atoms with E-state index in [1.54, 1.807) is 0 Å². The average Bonchev–Trinajstić information content (AvgIpc) is 2.41. The summed E-state index contributed by atoms with van der Waals surface area (Å²) in [6.07, 6.45) is 0.810. The number of rotatable bonds is 1. The van der Waals surface area contributed by atoms with Crippen LogP contribution in [-0.4, -0.2) is 10.9 Å². The monoisotopic (exact) mass is 207 g/mol. The summed E-state index contributed by atoms with van der Waals surface area (Å²) in [5.74, 6) is 0. The molecule has 0 saturated heterocycles. The minimum atomic E-state index is 0.504. The van der Waals surface area contributed by atoms with Crippen molar-refractivity contribution in [3.8, 4) is 0 Å². The van der Waals surface area contributed by atoms with Gasteiger partial charge in [0, 0.05) is 12.4 Å². The topological polar surface area (TPSA) is 22.0 Å². The van der Waals surface area contributed by atoms with Crippen molar-refractivity contribution in [1.82, 2.24) is 4.57 Å². The molecule has 0 spiro atoms. The lowest BCUT2D eigenvalue weighted by molar-refractivity contribution is 0.112. The summed E-state index contributed by atoms with van der Waals surface area (Å²) in [5.41, 5.74) is 2.73. The van der Waals surface area contributed by atoms with Gasteiger partial charge in [0.15, 0.2) is 6.29 Å². The predicted octanol–water partition coefficient (Wildman–Crippen LogP) is 2.95. The molecule has 2 nitrogen and oxygen atoms in total. The molecule has 0 saturated carbocycles. The first-order chi connectivity index (χ1) is 6.66. The summed E-state index contributed by atoms with van der Waals surface area (Å²) in [5, 5.41) is 1.43. The second-order valence-electron chi connectivity index (χ2n) is 3.35. The Balaban J connectivity index is 3.02. The van der Waals surface area contributed by atoms with E-state index >= 15 is 0 Å². The van der Waals surface area contributed by atoms with E-state index in [0.717, 1.165) is 22.8 Å². The van der Waals surface area contributed by atoms with Gasteiger partial charge in [0.25, 0.3) is 0 Å². The third-order valence-electron chi connectivity index (χ3n) is 2.50. The molecule has 2 aromatic rings. The van der Waals surface area contributed by atoms with Crippen LogP contribution in [0.3, 0.4) is 0 Å². The third kappa shape index (κ3) is 1.07. The number of aromatic nitrogens is 1. The number of nitrogens with zero attached hydrogens (tertiary/aromatic N) is 1. The van der Waals surface area contributed by atoms with Gasteiger partial charge >= 0.3 is 0 Å². The van der Waals surface area contributed by atoms with Crippen LogP contribution in [-0.2, 0) is 7.05 Å². The van der Waals surface area contributed by atoms with E-state index in [0.29, 0.717) is 10.7 Å². The number of carbonyl (C=O) groups is 1. The molecule has 2 rings (SSSR count). The standard InChI is InChI=1S/C11H10ClNO/c1-7-4-3-5-8-9(6-14)11(12)13(2)10(7)8/h3-6H,1-2H3. The molecule has 1 aromatic carbocycles. The highest BCUT2D eigenvalue weighted by molar-refractivity contribution is 6.34. The second kappa shape index (κ2) is 3.14. The Morgan fingerprint density at radius 3 is 2.79 bits per heavy atom. The Bertz CT molecular complexity index is 513. The molecule has 72 valence electrons. The zero-order chi connectivity index (χ0) is 10.3. The molecule has 3 heteroatoms. The van der Waals surface area contributed by atoms with Crippen molar-refractivity contribution < 1.29 is 4.79 Å². The van der Waals surface area contributed by atoms with Gasteiger partial charge in [0.2, 0.25) is 0 Å². The van der Waals surface area contributed by atoms with E-state index in [-0.39, 0.29) is 0 Å². The van der Waals surface area contributed by atoms with E-state index < -0.39 is 0 Å². The fourth-order valence-electron chi connectivity index (χ4n) is 1.82. The van der Waals surface area contributed by atoms with Crippen molar-refractivity contribution in [1.29, 1.82) is 0 Å². The maximum atomic E-state index is 10.9. The van der Waals surface area contributed by atoms with Crippen LogP contribution in [0.5, 0.6) is 0 Å². The number of aryl methyl sites for hydroxylation is 2. The third-order valence-corrected chi connectivity index (χ3v) is 2.96. The largest absolute Gasteiger partial charge is 0.334 e. The maximum Gasteiger partial charge on any atom is 0.153 e. The molecule has 0 aliphatic carbocycles. The first-order valence-electron chi connectivity index (χ1n) is 4.35. The molecule has 0 unspecified atom stereocenters. The van der Waals surface area contributed by atoms with Crippen molar-refractivity contribution in [3.63, 3.8) is 0 Å². The predicted molar refractivity (Wildman–Crippen MR) is 58.1 cm³/mol.